The summed E-state index contributed by atoms with van der Waals surface area (Å²) in [6.07, 6.45) is 2.52. The molecule has 2 heteroatoms. The van der Waals surface area contributed by atoms with Crippen LogP contribution in [0.3, 0.4) is 0 Å². The Morgan fingerprint density at radius 3 is 2.33 bits per heavy atom. The number of halogens is 1. The number of hydrogen-bond donors (Lipinski definition) is 0. The zero-order valence-electron chi connectivity index (χ0n) is 5.47. The molecule has 0 bridgehead atoms. The maximum absolute atomic E-state index is 8.63. The minimum atomic E-state index is 0.255. The first-order chi connectivity index (χ1) is 4.25. The highest BCUT2D eigenvalue weighted by atomic mass is 79.9. The molecule has 0 radical (unpaired) electrons. The lowest BCUT2D eigenvalue weighted by molar-refractivity contribution is 0.583. The Morgan fingerprint density at radius 2 is 2.22 bits per heavy atom. The van der Waals surface area contributed by atoms with Crippen LogP contribution >= 0.6 is 15.9 Å². The Balaban J connectivity index is 2.40. The van der Waals surface area contributed by atoms with E-state index in [1.165, 1.54) is 12.8 Å². The van der Waals surface area contributed by atoms with Crippen LogP contribution < -0.4 is 0 Å². The van der Waals surface area contributed by atoms with E-state index in [2.05, 4.69) is 22.0 Å². The van der Waals surface area contributed by atoms with Gasteiger partial charge in [0.15, 0.2) is 0 Å². The van der Waals surface area contributed by atoms with Crippen molar-refractivity contribution in [1.82, 2.24) is 0 Å². The molecule has 9 heavy (non-hydrogen) atoms. The molecule has 50 valence electrons. The molecule has 1 rings (SSSR count). The van der Waals surface area contributed by atoms with Crippen LogP contribution in [0.1, 0.15) is 19.8 Å². The Labute approximate surface area is 64.2 Å². The van der Waals surface area contributed by atoms with Gasteiger partial charge in [-0.1, -0.05) is 22.9 Å². The molecule has 0 aromatic carbocycles. The molecule has 0 amide bonds. The van der Waals surface area contributed by atoms with E-state index in [9.17, 15) is 0 Å². The zero-order chi connectivity index (χ0) is 6.85. The number of nitrogens with zero attached hydrogens (tertiary/aromatic N) is 1. The first-order valence-electron chi connectivity index (χ1n) is 3.29. The second-order valence-electron chi connectivity index (χ2n) is 2.67. The van der Waals surface area contributed by atoms with Crippen molar-refractivity contribution in [2.45, 2.75) is 24.6 Å². The minimum Gasteiger partial charge on any atom is -0.198 e. The van der Waals surface area contributed by atoms with Crippen molar-refractivity contribution in [2.75, 3.05) is 0 Å². The number of nitriles is 1. The predicted octanol–water partition coefficient (Wildman–Crippen LogP) is 2.32. The van der Waals surface area contributed by atoms with Crippen LogP contribution in [-0.4, -0.2) is 4.83 Å². The van der Waals surface area contributed by atoms with Crippen molar-refractivity contribution in [3.05, 3.63) is 0 Å². The highest BCUT2D eigenvalue weighted by Gasteiger charge is 2.33. The largest absolute Gasteiger partial charge is 0.198 e. The Hall–Kier alpha value is -0.0300. The molecule has 0 aromatic rings. The quantitative estimate of drug-likeness (QED) is 0.610. The summed E-state index contributed by atoms with van der Waals surface area (Å²) in [4.78, 5) is 0.370. The van der Waals surface area contributed by atoms with E-state index < -0.39 is 0 Å². The van der Waals surface area contributed by atoms with Crippen molar-refractivity contribution in [2.24, 2.45) is 11.8 Å². The fourth-order valence-electron chi connectivity index (χ4n) is 1.04. The van der Waals surface area contributed by atoms with Crippen molar-refractivity contribution < 1.29 is 0 Å². The summed E-state index contributed by atoms with van der Waals surface area (Å²) in [7, 11) is 0. The molecule has 0 saturated heterocycles. The molecule has 0 aliphatic heterocycles. The number of alkyl halides is 1. The first kappa shape index (κ1) is 7.08. The van der Waals surface area contributed by atoms with Crippen LogP contribution in [0.2, 0.25) is 0 Å². The highest BCUT2D eigenvalue weighted by Crippen LogP contribution is 2.39. The third-order valence-electron chi connectivity index (χ3n) is 1.77. The van der Waals surface area contributed by atoms with Crippen LogP contribution in [0, 0.1) is 23.2 Å². The molecule has 2 atom stereocenters. The van der Waals surface area contributed by atoms with E-state index in [1.54, 1.807) is 0 Å². The van der Waals surface area contributed by atoms with Gasteiger partial charge in [-0.2, -0.15) is 5.26 Å². The van der Waals surface area contributed by atoms with Crippen LogP contribution in [-0.2, 0) is 0 Å². The molecular weight excluding hydrogens is 178 g/mol. The van der Waals surface area contributed by atoms with Crippen molar-refractivity contribution in [3.8, 4) is 6.07 Å². The number of hydrogen-bond acceptors (Lipinski definition) is 1. The van der Waals surface area contributed by atoms with Gasteiger partial charge in [-0.05, 0) is 18.8 Å². The average molecular weight is 188 g/mol. The fourth-order valence-corrected chi connectivity index (χ4v) is 1.59. The molecule has 1 saturated carbocycles. The average Bonchev–Trinajstić information content (AvgIpc) is 2.50. The molecule has 0 spiro atoms. The minimum absolute atomic E-state index is 0.255. The lowest BCUT2D eigenvalue weighted by atomic mass is 10.0. The van der Waals surface area contributed by atoms with Gasteiger partial charge in [0.25, 0.3) is 0 Å². The normalized spacial score (nSPS) is 24.6. The van der Waals surface area contributed by atoms with Gasteiger partial charge in [0, 0.05) is 4.83 Å². The maximum atomic E-state index is 8.63. The Morgan fingerprint density at radius 1 is 1.67 bits per heavy atom. The number of rotatable bonds is 2. The van der Waals surface area contributed by atoms with Gasteiger partial charge in [0.2, 0.25) is 0 Å². The van der Waals surface area contributed by atoms with Gasteiger partial charge in [0.05, 0.1) is 12.0 Å². The molecule has 1 aliphatic rings. The zero-order valence-corrected chi connectivity index (χ0v) is 7.06. The van der Waals surface area contributed by atoms with E-state index in [0.29, 0.717) is 10.7 Å². The van der Waals surface area contributed by atoms with E-state index in [-0.39, 0.29) is 5.92 Å². The predicted molar refractivity (Wildman–Crippen MR) is 40.2 cm³/mol. The molecular formula is C7H10BrN. The lowest BCUT2D eigenvalue weighted by Crippen LogP contribution is -2.10. The summed E-state index contributed by atoms with van der Waals surface area (Å²) >= 11 is 3.42. The third kappa shape index (κ3) is 1.69. The SMILES string of the molecule is CC(Br)C(C#N)C1CC1. The lowest BCUT2D eigenvalue weighted by Gasteiger charge is -2.07. The highest BCUT2D eigenvalue weighted by molar-refractivity contribution is 9.09. The van der Waals surface area contributed by atoms with E-state index in [1.807, 2.05) is 6.92 Å². The smallest absolute Gasteiger partial charge is 0.0670 e. The van der Waals surface area contributed by atoms with Gasteiger partial charge < -0.3 is 0 Å². The van der Waals surface area contributed by atoms with Gasteiger partial charge >= 0.3 is 0 Å². The Bertz CT molecular complexity index is 130. The first-order valence-corrected chi connectivity index (χ1v) is 4.21. The Kier molecular flexibility index (Phi) is 2.13. The van der Waals surface area contributed by atoms with Crippen LogP contribution in [0.25, 0.3) is 0 Å². The summed E-state index contributed by atoms with van der Waals surface area (Å²) in [5, 5.41) is 8.63. The van der Waals surface area contributed by atoms with Crippen LogP contribution in [0.5, 0.6) is 0 Å². The molecule has 2 unspecified atom stereocenters. The molecule has 0 heterocycles. The van der Waals surface area contributed by atoms with Gasteiger partial charge in [-0.25, -0.2) is 0 Å². The second kappa shape index (κ2) is 2.70. The van der Waals surface area contributed by atoms with Crippen LogP contribution in [0.15, 0.2) is 0 Å². The topological polar surface area (TPSA) is 23.8 Å². The second-order valence-corrected chi connectivity index (χ2v) is 4.11. The van der Waals surface area contributed by atoms with Crippen LogP contribution in [0.4, 0.5) is 0 Å². The standard InChI is InChI=1S/C7H10BrN/c1-5(8)7(4-9)6-2-3-6/h5-7H,2-3H2,1H3. The van der Waals surface area contributed by atoms with E-state index in [0.717, 1.165) is 0 Å². The van der Waals surface area contributed by atoms with Crippen molar-refractivity contribution >= 4 is 15.9 Å². The maximum Gasteiger partial charge on any atom is 0.0670 e. The fraction of sp³-hybridized carbons (Fsp3) is 0.857. The molecule has 0 aromatic heterocycles. The van der Waals surface area contributed by atoms with Crippen molar-refractivity contribution in [3.63, 3.8) is 0 Å². The monoisotopic (exact) mass is 187 g/mol. The summed E-state index contributed by atoms with van der Waals surface area (Å²) < 4.78 is 0. The summed E-state index contributed by atoms with van der Waals surface area (Å²) in [5.41, 5.74) is 0. The van der Waals surface area contributed by atoms with Gasteiger partial charge in [-0.3, -0.25) is 0 Å². The molecule has 1 nitrogen and oxygen atoms in total. The molecule has 1 aliphatic carbocycles. The summed E-state index contributed by atoms with van der Waals surface area (Å²) in [6.45, 7) is 2.05. The van der Waals surface area contributed by atoms with E-state index in [4.69, 9.17) is 5.26 Å². The van der Waals surface area contributed by atoms with Gasteiger partial charge in [-0.15, -0.1) is 0 Å². The van der Waals surface area contributed by atoms with Gasteiger partial charge in [0.1, 0.15) is 0 Å². The molecule has 0 N–H and O–H groups in total. The van der Waals surface area contributed by atoms with E-state index >= 15 is 0 Å². The van der Waals surface area contributed by atoms with Crippen molar-refractivity contribution in [1.29, 1.82) is 5.26 Å². The third-order valence-corrected chi connectivity index (χ3v) is 2.34. The molecule has 1 fully saturated rings. The summed E-state index contributed by atoms with van der Waals surface area (Å²) in [5.74, 6) is 0.953. The summed E-state index contributed by atoms with van der Waals surface area (Å²) in [6, 6.07) is 2.32.